The van der Waals surface area contributed by atoms with Crippen LogP contribution in [0.5, 0.6) is 5.75 Å². The molecule has 1 saturated heterocycles. The van der Waals surface area contributed by atoms with E-state index in [4.69, 9.17) is 15.2 Å². The Labute approximate surface area is 209 Å². The van der Waals surface area contributed by atoms with Gasteiger partial charge in [0.25, 0.3) is 0 Å². The van der Waals surface area contributed by atoms with E-state index >= 15 is 0 Å². The number of fused-ring (bicyclic) bond motifs is 1. The van der Waals surface area contributed by atoms with Gasteiger partial charge in [-0.2, -0.15) is 0 Å². The Morgan fingerprint density at radius 3 is 2.68 bits per heavy atom. The minimum absolute atomic E-state index is 0.0150. The van der Waals surface area contributed by atoms with E-state index in [9.17, 15) is 9.59 Å². The maximum absolute atomic E-state index is 13.3. The van der Waals surface area contributed by atoms with Crippen molar-refractivity contribution in [3.63, 3.8) is 0 Å². The highest BCUT2D eigenvalue weighted by Gasteiger charge is 2.54. The Bertz CT molecular complexity index is 1040. The molecule has 2 aliphatic rings. The van der Waals surface area contributed by atoms with Crippen LogP contribution in [0.25, 0.3) is 0 Å². The van der Waals surface area contributed by atoms with Crippen molar-refractivity contribution < 1.29 is 19.1 Å². The van der Waals surface area contributed by atoms with Gasteiger partial charge in [0.15, 0.2) is 6.04 Å². The first-order valence-corrected chi connectivity index (χ1v) is 12.7. The van der Waals surface area contributed by atoms with Gasteiger partial charge in [-0.15, -0.1) is 0 Å². The standard InChI is InChI=1S/C26H32BrN3O4/c1-3-4-14-33-22-8-6-21(7-9-22)30(26(28)32)13-12-29(18(2)31)17-24(30)25-23-10-5-20(27)16-19(23)11-15-34-25/h5-10,16,24-25H,3-4,11-15,17H2,1-2H3,(H-,28,32)/p+1. The molecule has 7 nitrogen and oxygen atoms in total. The smallest absolute Gasteiger partial charge is 0.419 e. The van der Waals surface area contributed by atoms with Gasteiger partial charge in [-0.25, -0.2) is 9.28 Å². The molecule has 0 aromatic heterocycles. The van der Waals surface area contributed by atoms with Gasteiger partial charge >= 0.3 is 6.03 Å². The lowest BCUT2D eigenvalue weighted by atomic mass is 9.89. The Hall–Kier alpha value is -2.42. The lowest BCUT2D eigenvalue weighted by Gasteiger charge is -2.49. The first kappa shape index (κ1) is 24.7. The molecule has 3 amide bonds. The van der Waals surface area contributed by atoms with E-state index in [0.717, 1.165) is 40.7 Å². The lowest BCUT2D eigenvalue weighted by Crippen LogP contribution is -2.73. The monoisotopic (exact) mass is 530 g/mol. The van der Waals surface area contributed by atoms with Gasteiger partial charge in [0.2, 0.25) is 5.91 Å². The summed E-state index contributed by atoms with van der Waals surface area (Å²) >= 11 is 3.56. The number of carbonyl (C=O) groups excluding carboxylic acids is 2. The Morgan fingerprint density at radius 1 is 1.24 bits per heavy atom. The van der Waals surface area contributed by atoms with Crippen molar-refractivity contribution in [2.45, 2.75) is 45.3 Å². The third kappa shape index (κ3) is 4.72. The summed E-state index contributed by atoms with van der Waals surface area (Å²) in [6.07, 6.45) is 2.48. The molecule has 0 radical (unpaired) electrons. The zero-order valence-electron chi connectivity index (χ0n) is 19.8. The number of benzene rings is 2. The summed E-state index contributed by atoms with van der Waals surface area (Å²) < 4.78 is 13.1. The fourth-order valence-corrected chi connectivity index (χ4v) is 5.56. The van der Waals surface area contributed by atoms with Crippen molar-refractivity contribution in [2.75, 3.05) is 32.8 Å². The first-order valence-electron chi connectivity index (χ1n) is 11.9. The molecule has 2 aromatic rings. The van der Waals surface area contributed by atoms with Crippen molar-refractivity contribution in [3.8, 4) is 5.75 Å². The molecule has 2 N–H and O–H groups in total. The van der Waals surface area contributed by atoms with Gasteiger partial charge in [0.1, 0.15) is 24.1 Å². The van der Waals surface area contributed by atoms with Crippen molar-refractivity contribution in [1.29, 1.82) is 0 Å². The minimum Gasteiger partial charge on any atom is -0.494 e. The average molecular weight is 531 g/mol. The van der Waals surface area contributed by atoms with Crippen LogP contribution >= 0.6 is 15.9 Å². The topological polar surface area (TPSA) is 81.9 Å². The molecular formula is C26H33BrN3O4+. The Kier molecular flexibility index (Phi) is 7.60. The average Bonchev–Trinajstić information content (AvgIpc) is 2.83. The van der Waals surface area contributed by atoms with Crippen LogP contribution < -0.4 is 15.0 Å². The zero-order chi connectivity index (χ0) is 24.3. The van der Waals surface area contributed by atoms with Gasteiger partial charge in [-0.05, 0) is 48.2 Å². The quantitative estimate of drug-likeness (QED) is 0.438. The third-order valence-electron chi connectivity index (χ3n) is 7.03. The van der Waals surface area contributed by atoms with Crippen LogP contribution in [-0.4, -0.2) is 55.7 Å². The van der Waals surface area contributed by atoms with Crippen LogP contribution in [-0.2, 0) is 16.0 Å². The van der Waals surface area contributed by atoms with E-state index in [1.165, 1.54) is 5.56 Å². The predicted molar refractivity (Wildman–Crippen MR) is 136 cm³/mol. The number of urea groups is 1. The van der Waals surface area contributed by atoms with E-state index in [-0.39, 0.29) is 22.5 Å². The van der Waals surface area contributed by atoms with Crippen molar-refractivity contribution in [1.82, 2.24) is 9.38 Å². The van der Waals surface area contributed by atoms with E-state index in [1.54, 1.807) is 11.8 Å². The molecule has 0 spiro atoms. The van der Waals surface area contributed by atoms with Gasteiger partial charge in [0.05, 0.1) is 26.3 Å². The number of quaternary nitrogens is 1. The highest BCUT2D eigenvalue weighted by Crippen LogP contribution is 2.41. The first-order chi connectivity index (χ1) is 16.4. The number of piperazine rings is 1. The van der Waals surface area contributed by atoms with Gasteiger partial charge in [0, 0.05) is 23.5 Å². The fraction of sp³-hybridized carbons (Fsp3) is 0.462. The highest BCUT2D eigenvalue weighted by atomic mass is 79.9. The predicted octanol–water partition coefficient (Wildman–Crippen LogP) is 4.56. The second-order valence-electron chi connectivity index (χ2n) is 9.04. The normalized spacial score (nSPS) is 24.4. The summed E-state index contributed by atoms with van der Waals surface area (Å²) in [5.41, 5.74) is 9.19. The number of amides is 3. The van der Waals surface area contributed by atoms with Crippen molar-refractivity contribution in [2.24, 2.45) is 5.73 Å². The van der Waals surface area contributed by atoms with Crippen LogP contribution in [0.2, 0.25) is 0 Å². The number of hydrogen-bond donors (Lipinski definition) is 1. The summed E-state index contributed by atoms with van der Waals surface area (Å²) in [6, 6.07) is 13.0. The summed E-state index contributed by atoms with van der Waals surface area (Å²) in [5, 5.41) is 0. The summed E-state index contributed by atoms with van der Waals surface area (Å²) in [5.74, 6) is 0.752. The molecule has 1 fully saturated rings. The number of rotatable bonds is 6. The van der Waals surface area contributed by atoms with E-state index in [1.807, 2.05) is 30.3 Å². The van der Waals surface area contributed by atoms with E-state index in [0.29, 0.717) is 32.8 Å². The summed E-state index contributed by atoms with van der Waals surface area (Å²) in [6.45, 7) is 6.12. The molecule has 3 atom stereocenters. The number of nitrogens with two attached hydrogens (primary N) is 1. The number of primary amides is 1. The number of nitrogens with zero attached hydrogens (tertiary/aromatic N) is 2. The number of carbonyl (C=O) groups is 2. The van der Waals surface area contributed by atoms with Gasteiger partial charge in [-0.3, -0.25) is 4.79 Å². The van der Waals surface area contributed by atoms with Crippen LogP contribution in [0.3, 0.4) is 0 Å². The molecule has 182 valence electrons. The molecular weight excluding hydrogens is 498 g/mol. The molecule has 0 bridgehead atoms. The molecule has 0 aliphatic carbocycles. The van der Waals surface area contributed by atoms with Crippen LogP contribution in [0.4, 0.5) is 10.5 Å². The molecule has 0 saturated carbocycles. The molecule has 3 unspecified atom stereocenters. The maximum atomic E-state index is 13.3. The van der Waals surface area contributed by atoms with Crippen LogP contribution in [0.1, 0.15) is 43.9 Å². The van der Waals surface area contributed by atoms with Gasteiger partial charge < -0.3 is 20.1 Å². The van der Waals surface area contributed by atoms with Crippen LogP contribution in [0.15, 0.2) is 46.9 Å². The SMILES string of the molecule is CCCCOc1ccc([N+]2(C(N)=O)CCN(C(C)=O)CC2C2OCCc3cc(Br)ccc32)cc1. The minimum atomic E-state index is -0.444. The Balaban J connectivity index is 1.76. The number of ether oxygens (including phenoxy) is 2. The third-order valence-corrected chi connectivity index (χ3v) is 7.52. The van der Waals surface area contributed by atoms with Crippen molar-refractivity contribution in [3.05, 3.63) is 58.1 Å². The molecule has 2 aromatic carbocycles. The molecule has 8 heteroatoms. The Morgan fingerprint density at radius 2 is 2.00 bits per heavy atom. The number of hydrogen-bond acceptors (Lipinski definition) is 4. The second-order valence-corrected chi connectivity index (χ2v) is 9.96. The summed E-state index contributed by atoms with van der Waals surface area (Å²) in [7, 11) is 0. The zero-order valence-corrected chi connectivity index (χ0v) is 21.4. The largest absolute Gasteiger partial charge is 0.494 e. The fourth-order valence-electron chi connectivity index (χ4n) is 5.15. The lowest BCUT2D eigenvalue weighted by molar-refractivity contribution is -0.133. The molecule has 2 heterocycles. The maximum Gasteiger partial charge on any atom is 0.419 e. The second kappa shape index (κ2) is 10.5. The van der Waals surface area contributed by atoms with Crippen molar-refractivity contribution >= 4 is 33.6 Å². The molecule has 2 aliphatic heterocycles. The highest BCUT2D eigenvalue weighted by molar-refractivity contribution is 9.10. The van der Waals surface area contributed by atoms with E-state index in [2.05, 4.69) is 35.0 Å². The molecule has 4 rings (SSSR count). The molecule has 34 heavy (non-hydrogen) atoms. The van der Waals surface area contributed by atoms with Gasteiger partial charge in [-0.1, -0.05) is 35.3 Å². The number of unbranched alkanes of at least 4 members (excludes halogenated alkanes) is 1. The summed E-state index contributed by atoms with van der Waals surface area (Å²) in [4.78, 5) is 27.4. The van der Waals surface area contributed by atoms with E-state index < -0.39 is 6.03 Å². The van der Waals surface area contributed by atoms with Crippen LogP contribution in [0, 0.1) is 0 Å². The number of halogens is 1.